The van der Waals surface area contributed by atoms with Crippen molar-refractivity contribution in [3.8, 4) is 5.75 Å². The van der Waals surface area contributed by atoms with Gasteiger partial charge in [0.2, 0.25) is 5.91 Å². The first kappa shape index (κ1) is 21.4. The number of aromatic hydroxyl groups is 1. The zero-order valence-electron chi connectivity index (χ0n) is 17.7. The molecule has 0 aromatic heterocycles. The highest BCUT2D eigenvalue weighted by Crippen LogP contribution is 2.39. The molecule has 0 bridgehead atoms. The maximum absolute atomic E-state index is 12.3. The molecule has 0 aliphatic heterocycles. The number of aryl methyl sites for hydroxylation is 2. The van der Waals surface area contributed by atoms with E-state index in [1.165, 1.54) is 4.90 Å². The lowest BCUT2D eigenvalue weighted by molar-refractivity contribution is -0.123. The number of anilines is 1. The number of amides is 1. The summed E-state index contributed by atoms with van der Waals surface area (Å²) < 4.78 is 0. The molecule has 0 fully saturated rings. The molecule has 0 spiro atoms. The van der Waals surface area contributed by atoms with Crippen LogP contribution in [-0.4, -0.2) is 11.0 Å². The van der Waals surface area contributed by atoms with Gasteiger partial charge in [0, 0.05) is 26.5 Å². The number of hydrogen-bond donors (Lipinski definition) is 2. The van der Waals surface area contributed by atoms with Crippen molar-refractivity contribution < 1.29 is 9.90 Å². The zero-order chi connectivity index (χ0) is 20.6. The van der Waals surface area contributed by atoms with Crippen LogP contribution in [0.5, 0.6) is 5.75 Å². The summed E-state index contributed by atoms with van der Waals surface area (Å²) in [4.78, 5) is 14.5. The summed E-state index contributed by atoms with van der Waals surface area (Å²) >= 11 is 1.69. The first-order valence-corrected chi connectivity index (χ1v) is 10.0. The van der Waals surface area contributed by atoms with Gasteiger partial charge < -0.3 is 10.4 Å². The third-order valence-electron chi connectivity index (χ3n) is 4.40. The number of carbonyl (C=O) groups is 1. The fourth-order valence-electron chi connectivity index (χ4n) is 2.80. The number of hydrogen-bond acceptors (Lipinski definition) is 3. The molecule has 27 heavy (non-hydrogen) atoms. The van der Waals surface area contributed by atoms with Crippen molar-refractivity contribution in [1.29, 1.82) is 0 Å². The summed E-state index contributed by atoms with van der Waals surface area (Å²) in [5.74, 6) is 0.343. The molecule has 0 aliphatic carbocycles. The summed E-state index contributed by atoms with van der Waals surface area (Å²) in [7, 11) is 0. The summed E-state index contributed by atoms with van der Waals surface area (Å²) in [6.45, 7) is 16.1. The number of benzene rings is 2. The Morgan fingerprint density at radius 3 is 2.00 bits per heavy atom. The molecule has 4 heteroatoms. The molecule has 0 unspecified atom stereocenters. The Morgan fingerprint density at radius 2 is 1.52 bits per heavy atom. The Hall–Kier alpha value is -1.94. The van der Waals surface area contributed by atoms with Crippen molar-refractivity contribution in [3.05, 3.63) is 47.0 Å². The lowest BCUT2D eigenvalue weighted by Gasteiger charge is -2.22. The van der Waals surface area contributed by atoms with Crippen LogP contribution in [0.1, 0.15) is 58.2 Å². The highest BCUT2D eigenvalue weighted by Gasteiger charge is 2.22. The van der Waals surface area contributed by atoms with E-state index in [9.17, 15) is 9.90 Å². The van der Waals surface area contributed by atoms with E-state index in [0.717, 1.165) is 27.3 Å². The van der Waals surface area contributed by atoms with Crippen LogP contribution in [0.15, 0.2) is 40.1 Å². The van der Waals surface area contributed by atoms with Gasteiger partial charge >= 0.3 is 0 Å². The average molecular weight is 386 g/mol. The molecule has 0 aliphatic rings. The number of nitrogens with one attached hydrogen (secondary N) is 1. The van der Waals surface area contributed by atoms with Gasteiger partial charge in [0.1, 0.15) is 5.75 Å². The smallest absolute Gasteiger partial charge is 0.229 e. The van der Waals surface area contributed by atoms with E-state index in [2.05, 4.69) is 46.0 Å². The van der Waals surface area contributed by atoms with Crippen LogP contribution in [-0.2, 0) is 10.2 Å². The van der Waals surface area contributed by atoms with E-state index >= 15 is 0 Å². The van der Waals surface area contributed by atoms with Gasteiger partial charge in [0.25, 0.3) is 0 Å². The molecular weight excluding hydrogens is 354 g/mol. The molecule has 2 N–H and O–H groups in total. The number of phenols is 1. The van der Waals surface area contributed by atoms with Crippen LogP contribution in [0.2, 0.25) is 0 Å². The molecule has 2 aromatic rings. The second-order valence-corrected chi connectivity index (χ2v) is 10.3. The minimum absolute atomic E-state index is 0.00931. The topological polar surface area (TPSA) is 49.3 Å². The van der Waals surface area contributed by atoms with E-state index in [1.54, 1.807) is 17.8 Å². The predicted molar refractivity (Wildman–Crippen MR) is 115 cm³/mol. The third-order valence-corrected chi connectivity index (χ3v) is 5.73. The molecule has 1 amide bonds. The highest BCUT2D eigenvalue weighted by atomic mass is 32.2. The van der Waals surface area contributed by atoms with Gasteiger partial charge in [0.05, 0.1) is 0 Å². The standard InChI is InChI=1S/C23H31NO2S/c1-14-11-16(24-21(26)23(6,7)8)12-15(2)20(14)27-17-9-10-19(25)18(13-17)22(3,4)5/h9-13,25H,1-8H3,(H,24,26). The van der Waals surface area contributed by atoms with Crippen molar-refractivity contribution in [2.45, 2.75) is 70.6 Å². The molecule has 0 atom stereocenters. The first-order chi connectivity index (χ1) is 12.3. The SMILES string of the molecule is Cc1cc(NC(=O)C(C)(C)C)cc(C)c1Sc1ccc(O)c(C(C)(C)C)c1. The van der Waals surface area contributed by atoms with Crippen molar-refractivity contribution >= 4 is 23.4 Å². The second kappa shape index (κ2) is 7.59. The molecule has 0 saturated heterocycles. The lowest BCUT2D eigenvalue weighted by Crippen LogP contribution is -2.27. The van der Waals surface area contributed by atoms with E-state index < -0.39 is 5.41 Å². The quantitative estimate of drug-likeness (QED) is 0.639. The maximum Gasteiger partial charge on any atom is 0.229 e. The number of carbonyl (C=O) groups excluding carboxylic acids is 1. The first-order valence-electron chi connectivity index (χ1n) is 9.23. The van der Waals surface area contributed by atoms with E-state index in [0.29, 0.717) is 5.75 Å². The van der Waals surface area contributed by atoms with Crippen molar-refractivity contribution in [2.75, 3.05) is 5.32 Å². The van der Waals surface area contributed by atoms with Gasteiger partial charge in [-0.15, -0.1) is 0 Å². The Balaban J connectivity index is 2.32. The Morgan fingerprint density at radius 1 is 0.963 bits per heavy atom. The van der Waals surface area contributed by atoms with Crippen LogP contribution in [0, 0.1) is 19.3 Å². The van der Waals surface area contributed by atoms with Gasteiger partial charge in [0.15, 0.2) is 0 Å². The Bertz CT molecular complexity index is 835. The van der Waals surface area contributed by atoms with Gasteiger partial charge in [-0.25, -0.2) is 0 Å². The average Bonchev–Trinajstić information content (AvgIpc) is 2.50. The molecular formula is C23H31NO2S. The third kappa shape index (κ3) is 5.29. The summed E-state index contributed by atoms with van der Waals surface area (Å²) in [6, 6.07) is 9.82. The van der Waals surface area contributed by atoms with Crippen LogP contribution in [0.4, 0.5) is 5.69 Å². The van der Waals surface area contributed by atoms with E-state index in [1.807, 2.05) is 39.0 Å². The Kier molecular flexibility index (Phi) is 6.00. The maximum atomic E-state index is 12.3. The van der Waals surface area contributed by atoms with Gasteiger partial charge in [-0.3, -0.25) is 4.79 Å². The van der Waals surface area contributed by atoms with Crippen molar-refractivity contribution in [1.82, 2.24) is 0 Å². The molecule has 3 nitrogen and oxygen atoms in total. The lowest BCUT2D eigenvalue weighted by atomic mass is 9.86. The minimum atomic E-state index is -0.426. The molecule has 146 valence electrons. The van der Waals surface area contributed by atoms with Crippen LogP contribution in [0.3, 0.4) is 0 Å². The molecule has 0 saturated carbocycles. The molecule has 2 rings (SSSR count). The molecule has 2 aromatic carbocycles. The van der Waals surface area contributed by atoms with Gasteiger partial charge in [-0.1, -0.05) is 53.3 Å². The predicted octanol–water partition coefficient (Wildman–Crippen LogP) is 6.44. The fraction of sp³-hybridized carbons (Fsp3) is 0.435. The zero-order valence-corrected chi connectivity index (χ0v) is 18.5. The van der Waals surface area contributed by atoms with E-state index in [-0.39, 0.29) is 11.3 Å². The second-order valence-electron chi connectivity index (χ2n) is 9.17. The Labute approximate surface area is 167 Å². The normalized spacial score (nSPS) is 12.1. The summed E-state index contributed by atoms with van der Waals surface area (Å²) in [6.07, 6.45) is 0. The molecule has 0 heterocycles. The van der Waals surface area contributed by atoms with E-state index in [4.69, 9.17) is 0 Å². The van der Waals surface area contributed by atoms with Crippen LogP contribution >= 0.6 is 11.8 Å². The largest absolute Gasteiger partial charge is 0.508 e. The van der Waals surface area contributed by atoms with Gasteiger partial charge in [-0.05, 0) is 60.7 Å². The monoisotopic (exact) mass is 385 g/mol. The van der Waals surface area contributed by atoms with Crippen molar-refractivity contribution in [3.63, 3.8) is 0 Å². The summed E-state index contributed by atoms with van der Waals surface area (Å²) in [5, 5.41) is 13.2. The fourth-order valence-corrected chi connectivity index (χ4v) is 3.79. The van der Waals surface area contributed by atoms with Crippen LogP contribution < -0.4 is 5.32 Å². The minimum Gasteiger partial charge on any atom is -0.508 e. The summed E-state index contributed by atoms with van der Waals surface area (Å²) in [5.41, 5.74) is 3.47. The number of phenolic OH excluding ortho intramolecular Hbond substituents is 1. The number of rotatable bonds is 3. The van der Waals surface area contributed by atoms with Gasteiger partial charge in [-0.2, -0.15) is 0 Å². The van der Waals surface area contributed by atoms with Crippen molar-refractivity contribution in [2.24, 2.45) is 5.41 Å². The molecule has 0 radical (unpaired) electrons. The highest BCUT2D eigenvalue weighted by molar-refractivity contribution is 7.99. The van der Waals surface area contributed by atoms with Crippen LogP contribution in [0.25, 0.3) is 0 Å².